The van der Waals surface area contributed by atoms with Crippen LogP contribution >= 0.6 is 0 Å². The zero-order valence-corrected chi connectivity index (χ0v) is 12.6. The van der Waals surface area contributed by atoms with Gasteiger partial charge < -0.3 is 9.47 Å². The Hall–Kier alpha value is -2.62. The smallest absolute Gasteiger partial charge is 0.338 e. The van der Waals surface area contributed by atoms with E-state index in [9.17, 15) is 9.59 Å². The maximum atomic E-state index is 11.8. The Morgan fingerprint density at radius 1 is 1.00 bits per heavy atom. The molecule has 0 aliphatic rings. The minimum Gasteiger partial charge on any atom is -0.458 e. The predicted octanol–water partition coefficient (Wildman–Crippen LogP) is 3.67. The van der Waals surface area contributed by atoms with Crippen molar-refractivity contribution in [1.29, 1.82) is 0 Å². The van der Waals surface area contributed by atoms with Gasteiger partial charge in [0.05, 0.1) is 5.56 Å². The third kappa shape index (κ3) is 4.45. The maximum Gasteiger partial charge on any atom is 0.338 e. The van der Waals surface area contributed by atoms with Crippen LogP contribution in [0.5, 0.6) is 0 Å². The number of rotatable bonds is 5. The number of carbonyl (C=O) groups excluding carboxylic acids is 2. The number of benzene rings is 2. The van der Waals surface area contributed by atoms with E-state index >= 15 is 0 Å². The van der Waals surface area contributed by atoms with Crippen LogP contribution in [0.4, 0.5) is 0 Å². The summed E-state index contributed by atoms with van der Waals surface area (Å²) in [7, 11) is 0. The van der Waals surface area contributed by atoms with Crippen molar-refractivity contribution in [3.05, 3.63) is 71.3 Å². The van der Waals surface area contributed by atoms with E-state index in [0.717, 1.165) is 11.1 Å². The molecule has 0 amide bonds. The molecule has 114 valence electrons. The molecule has 2 aromatic rings. The SMILES string of the molecule is CC(=O)OC(C)c1ccc(COC(=O)c2ccccc2)cc1. The van der Waals surface area contributed by atoms with Crippen molar-refractivity contribution in [3.8, 4) is 0 Å². The Morgan fingerprint density at radius 3 is 2.23 bits per heavy atom. The number of ether oxygens (including phenoxy) is 2. The predicted molar refractivity (Wildman–Crippen MR) is 82.2 cm³/mol. The van der Waals surface area contributed by atoms with Gasteiger partial charge in [0.25, 0.3) is 0 Å². The van der Waals surface area contributed by atoms with Crippen LogP contribution in [-0.2, 0) is 20.9 Å². The van der Waals surface area contributed by atoms with Gasteiger partial charge in [-0.05, 0) is 30.2 Å². The summed E-state index contributed by atoms with van der Waals surface area (Å²) >= 11 is 0. The lowest BCUT2D eigenvalue weighted by atomic mass is 10.1. The summed E-state index contributed by atoms with van der Waals surface area (Å²) in [5.41, 5.74) is 2.30. The van der Waals surface area contributed by atoms with Crippen molar-refractivity contribution in [3.63, 3.8) is 0 Å². The molecule has 0 fully saturated rings. The van der Waals surface area contributed by atoms with E-state index in [-0.39, 0.29) is 24.6 Å². The Bertz CT molecular complexity index is 632. The van der Waals surface area contributed by atoms with Crippen LogP contribution in [0.15, 0.2) is 54.6 Å². The molecule has 0 N–H and O–H groups in total. The Labute approximate surface area is 129 Å². The zero-order valence-electron chi connectivity index (χ0n) is 12.6. The van der Waals surface area contributed by atoms with Crippen LogP contribution in [0.2, 0.25) is 0 Å². The summed E-state index contributed by atoms with van der Waals surface area (Å²) in [5, 5.41) is 0. The molecule has 1 unspecified atom stereocenters. The molecule has 0 bridgehead atoms. The van der Waals surface area contributed by atoms with Gasteiger partial charge in [0, 0.05) is 6.92 Å². The van der Waals surface area contributed by atoms with Crippen molar-refractivity contribution in [1.82, 2.24) is 0 Å². The first-order valence-electron chi connectivity index (χ1n) is 7.04. The van der Waals surface area contributed by atoms with Crippen LogP contribution in [0.3, 0.4) is 0 Å². The summed E-state index contributed by atoms with van der Waals surface area (Å²) in [4.78, 5) is 22.8. The molecular weight excluding hydrogens is 280 g/mol. The van der Waals surface area contributed by atoms with E-state index in [1.807, 2.05) is 37.3 Å². The molecule has 0 saturated heterocycles. The standard InChI is InChI=1S/C18H18O4/c1-13(22-14(2)19)16-10-8-15(9-11-16)12-21-18(20)17-6-4-3-5-7-17/h3-11,13H,12H2,1-2H3. The molecule has 4 nitrogen and oxygen atoms in total. The fourth-order valence-corrected chi connectivity index (χ4v) is 2.01. The van der Waals surface area contributed by atoms with Crippen LogP contribution in [0.25, 0.3) is 0 Å². The van der Waals surface area contributed by atoms with E-state index in [1.165, 1.54) is 6.92 Å². The largest absolute Gasteiger partial charge is 0.458 e. The van der Waals surface area contributed by atoms with Gasteiger partial charge in [0.2, 0.25) is 0 Å². The van der Waals surface area contributed by atoms with Crippen molar-refractivity contribution in [2.24, 2.45) is 0 Å². The van der Waals surface area contributed by atoms with Gasteiger partial charge >= 0.3 is 11.9 Å². The molecular formula is C18H18O4. The minimum absolute atomic E-state index is 0.204. The van der Waals surface area contributed by atoms with Gasteiger partial charge in [-0.25, -0.2) is 4.79 Å². The van der Waals surface area contributed by atoms with Crippen LogP contribution in [0, 0.1) is 0 Å². The highest BCUT2D eigenvalue weighted by atomic mass is 16.5. The third-order valence-corrected chi connectivity index (χ3v) is 3.17. The van der Waals surface area contributed by atoms with Crippen molar-refractivity contribution >= 4 is 11.9 Å². The fraction of sp³-hybridized carbons (Fsp3) is 0.222. The average molecular weight is 298 g/mol. The van der Waals surface area contributed by atoms with E-state index in [4.69, 9.17) is 9.47 Å². The van der Waals surface area contributed by atoms with E-state index in [0.29, 0.717) is 5.56 Å². The van der Waals surface area contributed by atoms with Gasteiger partial charge in [-0.15, -0.1) is 0 Å². The van der Waals surface area contributed by atoms with Crippen LogP contribution in [-0.4, -0.2) is 11.9 Å². The van der Waals surface area contributed by atoms with E-state index < -0.39 is 0 Å². The number of esters is 2. The van der Waals surface area contributed by atoms with Crippen molar-refractivity contribution in [2.45, 2.75) is 26.6 Å². The first-order chi connectivity index (χ1) is 10.6. The lowest BCUT2D eigenvalue weighted by molar-refractivity contribution is -0.145. The number of carbonyl (C=O) groups is 2. The second-order valence-electron chi connectivity index (χ2n) is 4.94. The average Bonchev–Trinajstić information content (AvgIpc) is 2.53. The minimum atomic E-state index is -0.349. The molecule has 0 spiro atoms. The van der Waals surface area contributed by atoms with Crippen molar-refractivity contribution in [2.75, 3.05) is 0 Å². The molecule has 0 heterocycles. The van der Waals surface area contributed by atoms with Crippen LogP contribution in [0.1, 0.15) is 41.4 Å². The Balaban J connectivity index is 1.91. The summed E-state index contributed by atoms with van der Waals surface area (Å²) in [6, 6.07) is 16.3. The molecule has 22 heavy (non-hydrogen) atoms. The van der Waals surface area contributed by atoms with E-state index in [1.54, 1.807) is 24.3 Å². The lowest BCUT2D eigenvalue weighted by Crippen LogP contribution is -2.06. The highest BCUT2D eigenvalue weighted by Gasteiger charge is 2.09. The second kappa shape index (κ2) is 7.41. The topological polar surface area (TPSA) is 52.6 Å². The molecule has 0 aliphatic heterocycles. The molecule has 0 aliphatic carbocycles. The number of hydrogen-bond acceptors (Lipinski definition) is 4. The Kier molecular flexibility index (Phi) is 5.31. The van der Waals surface area contributed by atoms with Gasteiger partial charge in [-0.2, -0.15) is 0 Å². The molecule has 2 aromatic carbocycles. The van der Waals surface area contributed by atoms with Gasteiger partial charge in [-0.3, -0.25) is 4.79 Å². The molecule has 2 rings (SSSR count). The second-order valence-corrected chi connectivity index (χ2v) is 4.94. The highest BCUT2D eigenvalue weighted by Crippen LogP contribution is 2.18. The summed E-state index contributed by atoms with van der Waals surface area (Å²) in [6.07, 6.45) is -0.293. The number of hydrogen-bond donors (Lipinski definition) is 0. The maximum absolute atomic E-state index is 11.8. The fourth-order valence-electron chi connectivity index (χ4n) is 2.01. The first kappa shape index (κ1) is 15.8. The molecule has 0 saturated carbocycles. The summed E-state index contributed by atoms with van der Waals surface area (Å²) in [5.74, 6) is -0.661. The zero-order chi connectivity index (χ0) is 15.9. The van der Waals surface area contributed by atoms with Gasteiger partial charge in [0.15, 0.2) is 0 Å². The van der Waals surface area contributed by atoms with E-state index in [2.05, 4.69) is 0 Å². The van der Waals surface area contributed by atoms with Crippen molar-refractivity contribution < 1.29 is 19.1 Å². The van der Waals surface area contributed by atoms with Gasteiger partial charge in [-0.1, -0.05) is 42.5 Å². The lowest BCUT2D eigenvalue weighted by Gasteiger charge is -2.12. The third-order valence-electron chi connectivity index (χ3n) is 3.17. The van der Waals surface area contributed by atoms with Gasteiger partial charge in [0.1, 0.15) is 12.7 Å². The molecule has 0 aromatic heterocycles. The highest BCUT2D eigenvalue weighted by molar-refractivity contribution is 5.89. The molecule has 4 heteroatoms. The molecule has 0 radical (unpaired) electrons. The Morgan fingerprint density at radius 2 is 1.64 bits per heavy atom. The van der Waals surface area contributed by atoms with Crippen LogP contribution < -0.4 is 0 Å². The normalized spacial score (nSPS) is 11.5. The monoisotopic (exact) mass is 298 g/mol. The quantitative estimate of drug-likeness (QED) is 0.790. The summed E-state index contributed by atoms with van der Waals surface area (Å²) < 4.78 is 10.4. The summed E-state index contributed by atoms with van der Waals surface area (Å²) in [6.45, 7) is 3.40. The first-order valence-corrected chi connectivity index (χ1v) is 7.04. The molecule has 1 atom stereocenters.